The summed E-state index contributed by atoms with van der Waals surface area (Å²) < 4.78 is 0.591. The lowest BCUT2D eigenvalue weighted by Gasteiger charge is -2.28. The van der Waals surface area contributed by atoms with Gasteiger partial charge in [0.2, 0.25) is 0 Å². The van der Waals surface area contributed by atoms with Crippen molar-refractivity contribution in [3.63, 3.8) is 0 Å². The molecule has 1 saturated heterocycles. The van der Waals surface area contributed by atoms with Crippen LogP contribution in [0.1, 0.15) is 24.8 Å². The van der Waals surface area contributed by atoms with Gasteiger partial charge in [0, 0.05) is 25.2 Å². The Morgan fingerprint density at radius 3 is 2.95 bits per heavy atom. The number of piperidine rings is 1. The van der Waals surface area contributed by atoms with Crippen molar-refractivity contribution in [3.05, 3.63) is 38.3 Å². The maximum Gasteiger partial charge on any atom is 0.283 e. The van der Waals surface area contributed by atoms with Gasteiger partial charge in [0.25, 0.3) is 5.69 Å². The van der Waals surface area contributed by atoms with Crippen molar-refractivity contribution < 1.29 is 4.92 Å². The van der Waals surface area contributed by atoms with Crippen LogP contribution in [0.5, 0.6) is 0 Å². The maximum atomic E-state index is 10.9. The lowest BCUT2D eigenvalue weighted by Crippen LogP contribution is -2.42. The van der Waals surface area contributed by atoms with Crippen LogP contribution in [0.3, 0.4) is 0 Å². The Labute approximate surface area is 127 Å². The highest BCUT2D eigenvalue weighted by Gasteiger charge is 2.18. The van der Waals surface area contributed by atoms with E-state index in [0.29, 0.717) is 17.1 Å². The van der Waals surface area contributed by atoms with Gasteiger partial charge in [0.15, 0.2) is 0 Å². The molecule has 1 aromatic rings. The van der Waals surface area contributed by atoms with Gasteiger partial charge in [-0.05, 0) is 47.9 Å². The third-order valence-corrected chi connectivity index (χ3v) is 4.56. The summed E-state index contributed by atoms with van der Waals surface area (Å²) in [7, 11) is 2.06. The van der Waals surface area contributed by atoms with Crippen LogP contribution >= 0.6 is 15.9 Å². The van der Waals surface area contributed by atoms with Crippen molar-refractivity contribution in [1.82, 2.24) is 10.2 Å². The lowest BCUT2D eigenvalue weighted by atomic mass is 10.0. The molecule has 1 aliphatic rings. The molecule has 0 radical (unpaired) electrons. The Bertz CT molecular complexity index is 475. The second kappa shape index (κ2) is 7.15. The van der Waals surface area contributed by atoms with E-state index in [1.807, 2.05) is 6.07 Å². The van der Waals surface area contributed by atoms with Crippen LogP contribution in [-0.4, -0.2) is 36.0 Å². The highest BCUT2D eigenvalue weighted by molar-refractivity contribution is 9.10. The van der Waals surface area contributed by atoms with Gasteiger partial charge < -0.3 is 10.2 Å². The molecule has 6 heteroatoms. The van der Waals surface area contributed by atoms with Crippen molar-refractivity contribution in [1.29, 1.82) is 0 Å². The number of nitro benzene ring substituents is 1. The molecule has 5 nitrogen and oxygen atoms in total. The first-order valence-corrected chi connectivity index (χ1v) is 7.71. The number of hydrogen-bond acceptors (Lipinski definition) is 4. The number of nitrogens with one attached hydrogen (secondary N) is 1. The van der Waals surface area contributed by atoms with Crippen molar-refractivity contribution in [2.45, 2.75) is 31.8 Å². The first-order chi connectivity index (χ1) is 9.58. The molecule has 1 unspecified atom stereocenters. The molecule has 0 aliphatic carbocycles. The summed E-state index contributed by atoms with van der Waals surface area (Å²) in [6.07, 6.45) is 3.75. The van der Waals surface area contributed by atoms with Crippen LogP contribution in [0.2, 0.25) is 0 Å². The molecule has 1 N–H and O–H groups in total. The molecule has 2 rings (SSSR count). The summed E-state index contributed by atoms with van der Waals surface area (Å²) in [6.45, 7) is 2.77. The van der Waals surface area contributed by atoms with E-state index in [1.54, 1.807) is 6.07 Å². The van der Waals surface area contributed by atoms with Crippen LogP contribution in [0.25, 0.3) is 0 Å². The van der Waals surface area contributed by atoms with Crippen LogP contribution < -0.4 is 5.32 Å². The van der Waals surface area contributed by atoms with E-state index in [4.69, 9.17) is 0 Å². The Morgan fingerprint density at radius 1 is 1.50 bits per heavy atom. The number of likely N-dealkylation sites (N-methyl/N-ethyl adjacent to an activating group) is 1. The number of nitrogens with zero attached hydrogens (tertiary/aromatic N) is 2. The molecular weight excluding hydrogens is 322 g/mol. The van der Waals surface area contributed by atoms with E-state index >= 15 is 0 Å². The Balaban J connectivity index is 1.98. The fraction of sp³-hybridized carbons (Fsp3) is 0.571. The molecule has 110 valence electrons. The van der Waals surface area contributed by atoms with Gasteiger partial charge in [-0.25, -0.2) is 0 Å². The molecule has 1 aromatic carbocycles. The van der Waals surface area contributed by atoms with E-state index in [9.17, 15) is 10.1 Å². The average Bonchev–Trinajstić information content (AvgIpc) is 2.42. The Morgan fingerprint density at radius 2 is 2.30 bits per heavy atom. The lowest BCUT2D eigenvalue weighted by molar-refractivity contribution is -0.385. The molecule has 1 heterocycles. The molecule has 0 spiro atoms. The summed E-state index contributed by atoms with van der Waals surface area (Å²) in [5.41, 5.74) is 1.09. The number of benzene rings is 1. The van der Waals surface area contributed by atoms with Gasteiger partial charge in [-0.2, -0.15) is 0 Å². The molecular formula is C14H20BrN3O2. The highest BCUT2D eigenvalue weighted by Crippen LogP contribution is 2.29. The quantitative estimate of drug-likeness (QED) is 0.660. The minimum atomic E-state index is -0.351. The number of nitro groups is 1. The van der Waals surface area contributed by atoms with E-state index in [-0.39, 0.29) is 10.6 Å². The molecule has 0 aromatic heterocycles. The zero-order valence-corrected chi connectivity index (χ0v) is 13.2. The molecule has 0 bridgehead atoms. The van der Waals surface area contributed by atoms with Gasteiger partial charge in [-0.15, -0.1) is 0 Å². The molecule has 0 saturated carbocycles. The van der Waals surface area contributed by atoms with Crippen molar-refractivity contribution in [2.75, 3.05) is 20.1 Å². The molecule has 0 amide bonds. The van der Waals surface area contributed by atoms with Crippen molar-refractivity contribution in [3.8, 4) is 0 Å². The van der Waals surface area contributed by atoms with Crippen LogP contribution in [0.4, 0.5) is 5.69 Å². The van der Waals surface area contributed by atoms with Crippen LogP contribution in [0, 0.1) is 10.1 Å². The second-order valence-corrected chi connectivity index (χ2v) is 6.14. The fourth-order valence-corrected chi connectivity index (χ4v) is 3.18. The summed E-state index contributed by atoms with van der Waals surface area (Å²) >= 11 is 3.35. The first kappa shape index (κ1) is 15.4. The van der Waals surface area contributed by atoms with Gasteiger partial charge in [0.05, 0.1) is 9.40 Å². The number of halogens is 1. The van der Waals surface area contributed by atoms with E-state index < -0.39 is 0 Å². The van der Waals surface area contributed by atoms with Crippen molar-refractivity contribution >= 4 is 21.6 Å². The van der Waals surface area contributed by atoms with Crippen LogP contribution in [-0.2, 0) is 6.54 Å². The molecule has 1 atom stereocenters. The smallest absolute Gasteiger partial charge is 0.283 e. The largest absolute Gasteiger partial charge is 0.313 e. The fourth-order valence-electron chi connectivity index (χ4n) is 2.64. The summed E-state index contributed by atoms with van der Waals surface area (Å²) in [5, 5.41) is 14.4. The predicted octanol–water partition coefficient (Wildman–Crippen LogP) is 2.93. The topological polar surface area (TPSA) is 58.4 Å². The summed E-state index contributed by atoms with van der Waals surface area (Å²) in [6, 6.07) is 5.73. The number of rotatable bonds is 5. The molecule has 20 heavy (non-hydrogen) atoms. The minimum absolute atomic E-state index is 0.131. The molecule has 1 aliphatic heterocycles. The Kier molecular flexibility index (Phi) is 5.51. The van der Waals surface area contributed by atoms with E-state index in [1.165, 1.54) is 25.3 Å². The average molecular weight is 342 g/mol. The van der Waals surface area contributed by atoms with Gasteiger partial charge in [0.1, 0.15) is 0 Å². The standard InChI is InChI=1S/C14H20BrN3O2/c1-17(10-12-6-2-3-8-16-12)9-11-5-4-7-13(14(11)15)18(19)20/h4-5,7,12,16H,2-3,6,8-10H2,1H3. The van der Waals surface area contributed by atoms with Gasteiger partial charge in [-0.1, -0.05) is 18.6 Å². The van der Waals surface area contributed by atoms with Crippen LogP contribution in [0.15, 0.2) is 22.7 Å². The third kappa shape index (κ3) is 4.01. The van der Waals surface area contributed by atoms with Gasteiger partial charge in [-0.3, -0.25) is 10.1 Å². The number of hydrogen-bond donors (Lipinski definition) is 1. The predicted molar refractivity (Wildman–Crippen MR) is 82.8 cm³/mol. The minimum Gasteiger partial charge on any atom is -0.313 e. The first-order valence-electron chi connectivity index (χ1n) is 6.91. The normalized spacial score (nSPS) is 19.2. The van der Waals surface area contributed by atoms with Gasteiger partial charge >= 0.3 is 0 Å². The van der Waals surface area contributed by atoms with E-state index in [2.05, 4.69) is 33.2 Å². The maximum absolute atomic E-state index is 10.9. The van der Waals surface area contributed by atoms with Crippen molar-refractivity contribution in [2.24, 2.45) is 0 Å². The summed E-state index contributed by atoms with van der Waals surface area (Å²) in [4.78, 5) is 12.8. The monoisotopic (exact) mass is 341 g/mol. The molecule has 1 fully saturated rings. The SMILES string of the molecule is CN(Cc1cccc([N+](=O)[O-])c1Br)CC1CCCCN1. The summed E-state index contributed by atoms with van der Waals surface area (Å²) in [5.74, 6) is 0. The highest BCUT2D eigenvalue weighted by atomic mass is 79.9. The zero-order chi connectivity index (χ0) is 14.5. The third-order valence-electron chi connectivity index (χ3n) is 3.64. The van der Waals surface area contributed by atoms with E-state index in [0.717, 1.165) is 18.7 Å². The zero-order valence-electron chi connectivity index (χ0n) is 11.6. The Hall–Kier alpha value is -0.980. The second-order valence-electron chi connectivity index (χ2n) is 5.35.